The number of nitrogens with two attached hydrogens (primary N) is 1. The van der Waals surface area contributed by atoms with Crippen LogP contribution in [0.4, 0.5) is 4.39 Å². The highest BCUT2D eigenvalue weighted by Gasteiger charge is 2.22. The Morgan fingerprint density at radius 3 is 2.48 bits per heavy atom. The molecule has 0 aliphatic heterocycles. The Labute approximate surface area is 135 Å². The van der Waals surface area contributed by atoms with Crippen molar-refractivity contribution in [3.63, 3.8) is 0 Å². The minimum Gasteiger partial charge on any atom is -0.491 e. The maximum Gasteiger partial charge on any atom is 0.306 e. The van der Waals surface area contributed by atoms with Crippen LogP contribution in [0.3, 0.4) is 0 Å². The molecule has 2 unspecified atom stereocenters. The third-order valence-electron chi connectivity index (χ3n) is 3.70. The summed E-state index contributed by atoms with van der Waals surface area (Å²) in [6, 6.07) is 6.58. The van der Waals surface area contributed by atoms with Gasteiger partial charge in [-0.3, -0.25) is 9.59 Å². The van der Waals surface area contributed by atoms with Gasteiger partial charge in [-0.15, -0.1) is 0 Å². The van der Waals surface area contributed by atoms with Crippen LogP contribution >= 0.6 is 0 Å². The molecule has 128 valence electrons. The fourth-order valence-electron chi connectivity index (χ4n) is 2.28. The van der Waals surface area contributed by atoms with Crippen LogP contribution in [0.2, 0.25) is 0 Å². The molecule has 0 aliphatic carbocycles. The van der Waals surface area contributed by atoms with E-state index < -0.39 is 24.6 Å². The van der Waals surface area contributed by atoms with Gasteiger partial charge in [0.2, 0.25) is 0 Å². The van der Waals surface area contributed by atoms with Crippen molar-refractivity contribution in [1.29, 1.82) is 0 Å². The number of halogens is 1. The van der Waals surface area contributed by atoms with Crippen LogP contribution in [0.15, 0.2) is 24.3 Å². The van der Waals surface area contributed by atoms with Crippen LogP contribution in [0.1, 0.15) is 31.7 Å². The Bertz CT molecular complexity index is 504. The van der Waals surface area contributed by atoms with Crippen molar-refractivity contribution in [2.24, 2.45) is 11.7 Å². The van der Waals surface area contributed by atoms with Gasteiger partial charge in [0, 0.05) is 0 Å². The fourth-order valence-corrected chi connectivity index (χ4v) is 2.28. The highest BCUT2D eigenvalue weighted by molar-refractivity contribution is 5.82. The average Bonchev–Trinajstić information content (AvgIpc) is 2.52. The van der Waals surface area contributed by atoms with Crippen molar-refractivity contribution in [1.82, 2.24) is 0 Å². The van der Waals surface area contributed by atoms with Gasteiger partial charge >= 0.3 is 5.97 Å². The lowest BCUT2D eigenvalue weighted by Gasteiger charge is -2.15. The number of ketones is 1. The zero-order chi connectivity index (χ0) is 17.2. The first-order valence-electron chi connectivity index (χ1n) is 7.70. The maximum absolute atomic E-state index is 12.0. The van der Waals surface area contributed by atoms with Crippen molar-refractivity contribution in [3.8, 4) is 5.75 Å². The molecule has 1 aromatic carbocycles. The Hall–Kier alpha value is -1.95. The van der Waals surface area contributed by atoms with Crippen LogP contribution in [-0.4, -0.2) is 36.2 Å². The summed E-state index contributed by atoms with van der Waals surface area (Å²) in [5.41, 5.74) is 6.69. The Kier molecular flexibility index (Phi) is 8.26. The molecule has 0 aliphatic rings. The molecule has 0 heterocycles. The molecule has 0 bridgehead atoms. The summed E-state index contributed by atoms with van der Waals surface area (Å²) in [7, 11) is 0. The normalized spacial score (nSPS) is 13.3. The summed E-state index contributed by atoms with van der Waals surface area (Å²) >= 11 is 0. The first kappa shape index (κ1) is 19.1. The van der Waals surface area contributed by atoms with Crippen molar-refractivity contribution >= 4 is 11.8 Å². The van der Waals surface area contributed by atoms with E-state index >= 15 is 0 Å². The number of hydrogen-bond donors (Lipinski definition) is 2. The number of carboxylic acid groups (broad SMARTS) is 1. The van der Waals surface area contributed by atoms with Gasteiger partial charge in [-0.05, 0) is 50.3 Å². The number of carbonyl (C=O) groups is 2. The summed E-state index contributed by atoms with van der Waals surface area (Å²) in [4.78, 5) is 22.4. The maximum atomic E-state index is 12.0. The third-order valence-corrected chi connectivity index (χ3v) is 3.70. The molecule has 3 N–H and O–H groups in total. The van der Waals surface area contributed by atoms with Crippen molar-refractivity contribution in [2.45, 2.75) is 38.6 Å². The number of ether oxygens (including phenoxy) is 1. The summed E-state index contributed by atoms with van der Waals surface area (Å²) in [5.74, 6) is -1.11. The van der Waals surface area contributed by atoms with E-state index in [4.69, 9.17) is 10.5 Å². The molecule has 0 fully saturated rings. The summed E-state index contributed by atoms with van der Waals surface area (Å²) < 4.78 is 17.2. The number of alkyl halides is 1. The Morgan fingerprint density at radius 1 is 1.30 bits per heavy atom. The number of rotatable bonds is 11. The van der Waals surface area contributed by atoms with E-state index in [1.54, 1.807) is 12.1 Å². The van der Waals surface area contributed by atoms with E-state index in [1.165, 1.54) is 6.92 Å². The molecule has 2 atom stereocenters. The molecule has 0 radical (unpaired) electrons. The first-order valence-corrected chi connectivity index (χ1v) is 7.70. The molecule has 1 rings (SSSR count). The minimum atomic E-state index is -0.920. The van der Waals surface area contributed by atoms with Gasteiger partial charge in [0.05, 0.1) is 12.0 Å². The predicted molar refractivity (Wildman–Crippen MR) is 85.2 cm³/mol. The van der Waals surface area contributed by atoms with Gasteiger partial charge in [0.1, 0.15) is 24.8 Å². The number of hydrogen-bond acceptors (Lipinski definition) is 4. The molecule has 0 amide bonds. The average molecular weight is 325 g/mol. The van der Waals surface area contributed by atoms with Crippen LogP contribution in [0.5, 0.6) is 5.75 Å². The van der Waals surface area contributed by atoms with Gasteiger partial charge in [-0.2, -0.15) is 0 Å². The monoisotopic (exact) mass is 325 g/mol. The highest BCUT2D eigenvalue weighted by Crippen LogP contribution is 2.18. The number of carboxylic acids is 1. The predicted octanol–water partition coefficient (Wildman–Crippen LogP) is 2.36. The standard InChI is InChI=1S/C17H24FNO4/c1-12(20)16(19)11-14(17(21)22)4-2-3-13-5-7-15(8-6-13)23-10-9-18/h5-8,14,16H,2-4,9-11,19H2,1H3,(H,21,22). The topological polar surface area (TPSA) is 89.6 Å². The van der Waals surface area contributed by atoms with E-state index in [1.807, 2.05) is 12.1 Å². The number of benzene rings is 1. The molecule has 1 aromatic rings. The molecular weight excluding hydrogens is 301 g/mol. The Morgan fingerprint density at radius 2 is 1.96 bits per heavy atom. The largest absolute Gasteiger partial charge is 0.491 e. The van der Waals surface area contributed by atoms with Crippen LogP contribution < -0.4 is 10.5 Å². The van der Waals surface area contributed by atoms with Gasteiger partial charge in [0.25, 0.3) is 0 Å². The fraction of sp³-hybridized carbons (Fsp3) is 0.529. The Balaban J connectivity index is 2.43. The van der Waals surface area contributed by atoms with Crippen LogP contribution in [-0.2, 0) is 16.0 Å². The molecule has 0 aromatic heterocycles. The highest BCUT2D eigenvalue weighted by atomic mass is 19.1. The summed E-state index contributed by atoms with van der Waals surface area (Å²) in [5, 5.41) is 9.21. The molecule has 0 saturated heterocycles. The van der Waals surface area contributed by atoms with Crippen molar-refractivity contribution in [3.05, 3.63) is 29.8 Å². The number of Topliss-reactive ketones (excluding diaryl/α,β-unsaturated/α-hetero) is 1. The molecular formula is C17H24FNO4. The zero-order valence-electron chi connectivity index (χ0n) is 13.3. The second-order valence-corrected chi connectivity index (χ2v) is 5.56. The van der Waals surface area contributed by atoms with E-state index in [2.05, 4.69) is 0 Å². The molecule has 0 spiro atoms. The number of carbonyl (C=O) groups excluding carboxylic acids is 1. The number of aryl methyl sites for hydroxylation is 1. The molecule has 6 heteroatoms. The SMILES string of the molecule is CC(=O)C(N)CC(CCCc1ccc(OCCF)cc1)C(=O)O. The lowest BCUT2D eigenvalue weighted by molar-refractivity contribution is -0.142. The van der Waals surface area contributed by atoms with Crippen LogP contribution in [0, 0.1) is 5.92 Å². The molecule has 0 saturated carbocycles. The summed E-state index contributed by atoms with van der Waals surface area (Å²) in [6.45, 7) is 0.882. The summed E-state index contributed by atoms with van der Waals surface area (Å²) in [6.07, 6.45) is 2.05. The lowest BCUT2D eigenvalue weighted by atomic mass is 9.92. The second-order valence-electron chi connectivity index (χ2n) is 5.56. The lowest BCUT2D eigenvalue weighted by Crippen LogP contribution is -2.33. The minimum absolute atomic E-state index is 0.0377. The van der Waals surface area contributed by atoms with Gasteiger partial charge < -0.3 is 15.6 Å². The zero-order valence-corrected chi connectivity index (χ0v) is 13.3. The van der Waals surface area contributed by atoms with Crippen molar-refractivity contribution in [2.75, 3.05) is 13.3 Å². The molecule has 5 nitrogen and oxygen atoms in total. The van der Waals surface area contributed by atoms with Crippen LogP contribution in [0.25, 0.3) is 0 Å². The number of aliphatic carboxylic acids is 1. The third kappa shape index (κ3) is 7.23. The second kappa shape index (κ2) is 9.94. The van der Waals surface area contributed by atoms with E-state index in [0.717, 1.165) is 12.0 Å². The van der Waals surface area contributed by atoms with Crippen molar-refractivity contribution < 1.29 is 23.8 Å². The van der Waals surface area contributed by atoms with Gasteiger partial charge in [-0.25, -0.2) is 4.39 Å². The van der Waals surface area contributed by atoms with E-state index in [-0.39, 0.29) is 18.8 Å². The molecule has 23 heavy (non-hydrogen) atoms. The van der Waals surface area contributed by atoms with E-state index in [9.17, 15) is 19.1 Å². The van der Waals surface area contributed by atoms with E-state index in [0.29, 0.717) is 18.6 Å². The quantitative estimate of drug-likeness (QED) is 0.652. The van der Waals surface area contributed by atoms with Gasteiger partial charge in [-0.1, -0.05) is 12.1 Å². The van der Waals surface area contributed by atoms with Gasteiger partial charge in [0.15, 0.2) is 0 Å². The smallest absolute Gasteiger partial charge is 0.306 e. The first-order chi connectivity index (χ1) is 10.9.